The van der Waals surface area contributed by atoms with Crippen molar-refractivity contribution in [3.05, 3.63) is 48.2 Å². The summed E-state index contributed by atoms with van der Waals surface area (Å²) in [5.74, 6) is 5.71. The summed E-state index contributed by atoms with van der Waals surface area (Å²) in [7, 11) is -2.05. The van der Waals surface area contributed by atoms with E-state index in [1.807, 2.05) is 0 Å². The first-order valence-electron chi connectivity index (χ1n) is 12.1. The van der Waals surface area contributed by atoms with Gasteiger partial charge in [-0.3, -0.25) is 4.79 Å². The minimum Gasteiger partial charge on any atom is -0.495 e. The predicted molar refractivity (Wildman–Crippen MR) is 141 cm³/mol. The normalized spacial score (nSPS) is 17.9. The Balaban J connectivity index is 1.61. The first kappa shape index (κ1) is 28.3. The van der Waals surface area contributed by atoms with E-state index in [9.17, 15) is 30.8 Å². The van der Waals surface area contributed by atoms with Gasteiger partial charge in [0.2, 0.25) is 0 Å². The summed E-state index contributed by atoms with van der Waals surface area (Å²) in [5, 5.41) is 6.52. The number of ketones is 1. The van der Waals surface area contributed by atoms with Gasteiger partial charge in [-0.1, -0.05) is 12.0 Å². The molecule has 39 heavy (non-hydrogen) atoms. The molecule has 2 atom stereocenters. The number of alkyl halides is 4. The van der Waals surface area contributed by atoms with Gasteiger partial charge in [0.15, 0.2) is 9.84 Å². The molecule has 2 N–H and O–H groups in total. The average Bonchev–Trinajstić information content (AvgIpc) is 3.19. The lowest BCUT2D eigenvalue weighted by molar-refractivity contribution is -0.140. The molecule has 1 saturated carbocycles. The number of fused-ring (bicyclic) bond motifs is 1. The number of halogens is 4. The number of nitrogens with one attached hydrogen (secondary N) is 2. The third kappa shape index (κ3) is 6.84. The van der Waals surface area contributed by atoms with E-state index in [0.29, 0.717) is 23.2 Å². The number of benzene rings is 2. The fourth-order valence-electron chi connectivity index (χ4n) is 4.51. The first-order chi connectivity index (χ1) is 18.4. The molecule has 7 nitrogen and oxygen atoms in total. The van der Waals surface area contributed by atoms with Gasteiger partial charge in [-0.15, -0.1) is 0 Å². The molecule has 1 fully saturated rings. The number of carbonyl (C=O) groups is 1. The Kier molecular flexibility index (Phi) is 8.11. The number of anilines is 2. The van der Waals surface area contributed by atoms with E-state index in [0.717, 1.165) is 10.8 Å². The van der Waals surface area contributed by atoms with Crippen molar-refractivity contribution >= 4 is 37.9 Å². The highest BCUT2D eigenvalue weighted by molar-refractivity contribution is 7.90. The summed E-state index contributed by atoms with van der Waals surface area (Å²) in [5.41, 5.74) is 1.34. The van der Waals surface area contributed by atoms with Crippen molar-refractivity contribution < 1.29 is 35.5 Å². The summed E-state index contributed by atoms with van der Waals surface area (Å²) in [6.45, 7) is -1.23. The maximum atomic E-state index is 14.5. The van der Waals surface area contributed by atoms with E-state index in [-0.39, 0.29) is 47.0 Å². The number of Topliss-reactive ketones (excluding diaryl/α,β-unsaturated/α-hetero) is 1. The largest absolute Gasteiger partial charge is 0.495 e. The molecule has 0 saturated heterocycles. The first-order valence-corrected chi connectivity index (χ1v) is 14.0. The Morgan fingerprint density at radius 3 is 2.59 bits per heavy atom. The summed E-state index contributed by atoms with van der Waals surface area (Å²) in [6, 6.07) is 9.99. The van der Waals surface area contributed by atoms with E-state index >= 15 is 0 Å². The second-order valence-corrected chi connectivity index (χ2v) is 11.3. The summed E-state index contributed by atoms with van der Waals surface area (Å²) in [6.07, 6.45) is -4.46. The Morgan fingerprint density at radius 1 is 1.15 bits per heavy atom. The zero-order valence-corrected chi connectivity index (χ0v) is 22.0. The molecule has 1 aliphatic rings. The van der Waals surface area contributed by atoms with Crippen LogP contribution in [-0.2, 0) is 21.2 Å². The number of rotatable bonds is 7. The predicted octanol–water partition coefficient (Wildman–Crippen LogP) is 4.95. The molecule has 2 aromatic carbocycles. The molecular weight excluding hydrogens is 538 g/mol. The lowest BCUT2D eigenvalue weighted by Crippen LogP contribution is -2.36. The van der Waals surface area contributed by atoms with Crippen molar-refractivity contribution in [1.29, 1.82) is 0 Å². The Hall–Kier alpha value is -3.72. The number of nitrogens with zero attached hydrogens (tertiary/aromatic N) is 1. The molecule has 0 aliphatic heterocycles. The third-order valence-electron chi connectivity index (χ3n) is 6.40. The lowest BCUT2D eigenvalue weighted by Gasteiger charge is -2.27. The molecule has 0 radical (unpaired) electrons. The third-order valence-corrected chi connectivity index (χ3v) is 7.51. The zero-order chi connectivity index (χ0) is 28.4. The van der Waals surface area contributed by atoms with Gasteiger partial charge in [-0.2, -0.15) is 13.2 Å². The van der Waals surface area contributed by atoms with Gasteiger partial charge in [0.25, 0.3) is 0 Å². The standard InChI is InChI=1S/C27H27F4N3O4S/c1-38-26-15-19(39(2,36)37)9-11-24(26)32-12-4-5-17-13-20-22(33-23-10-8-18(35)14-21(23)28)6-3-7-25(20)34(17)16-27(29,30)31/h3,6-7,9,11,13,15,21,23,32-33H,8,10,12,14,16H2,1-2H3/t21-,23+/m0/s1. The maximum Gasteiger partial charge on any atom is 0.406 e. The summed E-state index contributed by atoms with van der Waals surface area (Å²) in [4.78, 5) is 11.6. The van der Waals surface area contributed by atoms with Crippen LogP contribution in [0.25, 0.3) is 10.9 Å². The zero-order valence-electron chi connectivity index (χ0n) is 21.2. The molecule has 1 aromatic heterocycles. The van der Waals surface area contributed by atoms with Crippen molar-refractivity contribution in [3.63, 3.8) is 0 Å². The SMILES string of the molecule is COc1cc(S(C)(=O)=O)ccc1NCC#Cc1cc2c(N[C@@H]3CCC(=O)C[C@@H]3F)cccc2n1CC(F)(F)F. The highest BCUT2D eigenvalue weighted by Crippen LogP contribution is 2.32. The highest BCUT2D eigenvalue weighted by Gasteiger charge is 2.31. The smallest absolute Gasteiger partial charge is 0.406 e. The Morgan fingerprint density at radius 2 is 1.92 bits per heavy atom. The van der Waals surface area contributed by atoms with Crippen molar-refractivity contribution in [3.8, 4) is 17.6 Å². The molecule has 12 heteroatoms. The monoisotopic (exact) mass is 565 g/mol. The summed E-state index contributed by atoms with van der Waals surface area (Å²) >= 11 is 0. The van der Waals surface area contributed by atoms with E-state index in [1.165, 1.54) is 31.4 Å². The second-order valence-electron chi connectivity index (χ2n) is 9.31. The molecule has 0 amide bonds. The van der Waals surface area contributed by atoms with Crippen LogP contribution in [0.1, 0.15) is 25.0 Å². The van der Waals surface area contributed by atoms with Crippen LogP contribution in [0.4, 0.5) is 28.9 Å². The van der Waals surface area contributed by atoms with E-state index in [2.05, 4.69) is 22.5 Å². The van der Waals surface area contributed by atoms with Crippen LogP contribution in [0.15, 0.2) is 47.4 Å². The fraction of sp³-hybridized carbons (Fsp3) is 0.370. The number of aromatic nitrogens is 1. The topological polar surface area (TPSA) is 89.4 Å². The van der Waals surface area contributed by atoms with Crippen molar-refractivity contribution in [1.82, 2.24) is 4.57 Å². The summed E-state index contributed by atoms with van der Waals surface area (Å²) < 4.78 is 84.7. The quantitative estimate of drug-likeness (QED) is 0.311. The molecule has 3 aromatic rings. The number of sulfone groups is 1. The molecule has 0 unspecified atom stereocenters. The van der Waals surface area contributed by atoms with Crippen LogP contribution < -0.4 is 15.4 Å². The minimum atomic E-state index is -4.51. The molecule has 0 spiro atoms. The van der Waals surface area contributed by atoms with Crippen LogP contribution in [0.5, 0.6) is 5.75 Å². The van der Waals surface area contributed by atoms with Crippen LogP contribution in [-0.4, -0.2) is 57.1 Å². The molecule has 1 aliphatic carbocycles. The molecule has 4 rings (SSSR count). The lowest BCUT2D eigenvalue weighted by atomic mass is 9.92. The van der Waals surface area contributed by atoms with E-state index in [1.54, 1.807) is 18.2 Å². The van der Waals surface area contributed by atoms with Crippen LogP contribution in [0, 0.1) is 11.8 Å². The number of carbonyl (C=O) groups excluding carboxylic acids is 1. The average molecular weight is 566 g/mol. The van der Waals surface area contributed by atoms with E-state index < -0.39 is 34.8 Å². The van der Waals surface area contributed by atoms with Gasteiger partial charge in [-0.05, 0) is 42.7 Å². The number of hydrogen-bond donors (Lipinski definition) is 2. The Labute approximate surface area is 223 Å². The second kappa shape index (κ2) is 11.2. The number of methoxy groups -OCH3 is 1. The van der Waals surface area contributed by atoms with Gasteiger partial charge in [-0.25, -0.2) is 12.8 Å². The minimum absolute atomic E-state index is 0.0346. The number of hydrogen-bond acceptors (Lipinski definition) is 6. The molecule has 0 bridgehead atoms. The van der Waals surface area contributed by atoms with Crippen molar-refractivity contribution in [2.75, 3.05) is 30.5 Å². The van der Waals surface area contributed by atoms with Crippen molar-refractivity contribution in [2.24, 2.45) is 0 Å². The number of ether oxygens (including phenoxy) is 1. The van der Waals surface area contributed by atoms with Crippen LogP contribution >= 0.6 is 0 Å². The highest BCUT2D eigenvalue weighted by atomic mass is 32.2. The van der Waals surface area contributed by atoms with Gasteiger partial charge in [0.1, 0.15) is 24.2 Å². The molecular formula is C27H27F4N3O4S. The van der Waals surface area contributed by atoms with Gasteiger partial charge in [0, 0.05) is 36.2 Å². The maximum absolute atomic E-state index is 14.5. The van der Waals surface area contributed by atoms with Gasteiger partial charge < -0.3 is 19.9 Å². The van der Waals surface area contributed by atoms with Gasteiger partial charge in [0.05, 0.1) is 41.5 Å². The van der Waals surface area contributed by atoms with Gasteiger partial charge >= 0.3 is 6.18 Å². The van der Waals surface area contributed by atoms with Crippen LogP contribution in [0.3, 0.4) is 0 Å². The van der Waals surface area contributed by atoms with E-state index in [4.69, 9.17) is 4.74 Å². The Bertz CT molecular complexity index is 1550. The molecule has 208 valence electrons. The van der Waals surface area contributed by atoms with Crippen molar-refractivity contribution in [2.45, 2.75) is 49.1 Å². The molecule has 1 heterocycles. The fourth-order valence-corrected chi connectivity index (χ4v) is 5.14. The van der Waals surface area contributed by atoms with Crippen LogP contribution in [0.2, 0.25) is 0 Å².